The van der Waals surface area contributed by atoms with Crippen LogP contribution in [-0.4, -0.2) is 140 Å². The van der Waals surface area contributed by atoms with Crippen molar-refractivity contribution in [2.45, 2.75) is 64.0 Å². The second-order valence-electron chi connectivity index (χ2n) is 21.1. The van der Waals surface area contributed by atoms with E-state index in [0.717, 1.165) is 96.3 Å². The van der Waals surface area contributed by atoms with Gasteiger partial charge < -0.3 is 62.8 Å². The van der Waals surface area contributed by atoms with Gasteiger partial charge in [0.25, 0.3) is 0 Å². The molecule has 0 saturated heterocycles. The van der Waals surface area contributed by atoms with Crippen LogP contribution in [0.2, 0.25) is 20.1 Å². The van der Waals surface area contributed by atoms with E-state index in [1.807, 2.05) is 61.5 Å². The number of amides is 1. The lowest BCUT2D eigenvalue weighted by Crippen LogP contribution is -2.39. The Bertz CT molecular complexity index is 3630. The van der Waals surface area contributed by atoms with Crippen molar-refractivity contribution in [1.29, 1.82) is 0 Å². The predicted molar refractivity (Wildman–Crippen MR) is 368 cm³/mol. The highest BCUT2D eigenvalue weighted by Gasteiger charge is 2.27. The Balaban J connectivity index is 0.000000187. The van der Waals surface area contributed by atoms with E-state index >= 15 is 0 Å². The Morgan fingerprint density at radius 3 is 1.84 bits per heavy atom. The molecule has 0 spiro atoms. The molecule has 1 amide bonds. The number of likely N-dealkylation sites (N-methyl/N-ethyl adjacent to an activating group) is 1. The van der Waals surface area contributed by atoms with Crippen LogP contribution in [0.15, 0.2) is 162 Å². The number of rotatable bonds is 21. The zero-order valence-corrected chi connectivity index (χ0v) is 54.9. The minimum Gasteiger partial charge on any atom is -0.508 e. The molecule has 0 saturated carbocycles. The van der Waals surface area contributed by atoms with Gasteiger partial charge in [-0.1, -0.05) is 121 Å². The maximum absolute atomic E-state index is 14.4. The van der Waals surface area contributed by atoms with Crippen molar-refractivity contribution in [2.24, 2.45) is 21.5 Å². The molecule has 8 aromatic rings. The average molecular weight is 1360 g/mol. The first-order chi connectivity index (χ1) is 44.2. The maximum atomic E-state index is 14.4. The SMILES string of the molecule is CCN(CC)CCN1C(=O)CN=C(c2ccccc2F)c2cc(Cl)ccc21.C[C@@H](NCCc1ccc(O)cc1)[C@@H](O)c1ccc(O)cc1.Clc1ccc2nsnc2c1NC1=NCCN1.NCC(CC(=O)O)c1ccc(Cl)cc1.NC[C@@H](CC(=O)O)c1ccc(Cl)cc1. The number of aliphatic hydroxyl groups excluding tert-OH is 1. The largest absolute Gasteiger partial charge is 0.508 e. The number of fused-ring (bicyclic) bond motifs is 2. The van der Waals surface area contributed by atoms with E-state index in [-0.39, 0.29) is 60.5 Å². The minimum atomic E-state index is -0.838. The fourth-order valence-corrected chi connectivity index (χ4v) is 10.8. The van der Waals surface area contributed by atoms with Crippen LogP contribution in [0.3, 0.4) is 0 Å². The lowest BCUT2D eigenvalue weighted by atomic mass is 9.96. The number of aliphatic carboxylic acids is 2. The van der Waals surface area contributed by atoms with Crippen molar-refractivity contribution in [3.8, 4) is 11.5 Å². The number of nitrogens with one attached hydrogen (secondary N) is 3. The van der Waals surface area contributed by atoms with Crippen LogP contribution < -0.4 is 32.3 Å². The van der Waals surface area contributed by atoms with Gasteiger partial charge in [0.1, 0.15) is 34.9 Å². The molecular formula is C67H76Cl4FN11O8S. The number of carboxylic acid groups (broad SMARTS) is 2. The number of phenolic OH excluding ortho intramolecular Hbond substituents is 2. The molecule has 4 atom stereocenters. The molecule has 2 aliphatic heterocycles. The summed E-state index contributed by atoms with van der Waals surface area (Å²) in [6.45, 7) is 12.3. The summed E-state index contributed by atoms with van der Waals surface area (Å²) in [5.74, 6) is -1.22. The molecule has 0 aliphatic carbocycles. The number of aromatic nitrogens is 2. The van der Waals surface area contributed by atoms with E-state index in [2.05, 4.69) is 53.4 Å². The molecule has 12 N–H and O–H groups in total. The monoisotopic (exact) mass is 1350 g/mol. The fourth-order valence-electron chi connectivity index (χ4n) is 9.59. The molecule has 1 aromatic heterocycles. The Kier molecular flexibility index (Phi) is 30.0. The number of hydrogen-bond donors (Lipinski definition) is 10. The molecule has 0 bridgehead atoms. The number of benzodiazepines with no additional fused rings is 1. The van der Waals surface area contributed by atoms with Gasteiger partial charge in [0.15, 0.2) is 5.96 Å². The van der Waals surface area contributed by atoms with Crippen LogP contribution in [0, 0.1) is 5.82 Å². The number of anilines is 2. The number of halogens is 5. The van der Waals surface area contributed by atoms with Crippen LogP contribution >= 0.6 is 58.1 Å². The van der Waals surface area contributed by atoms with Crippen LogP contribution in [0.25, 0.3) is 11.0 Å². The highest BCUT2D eigenvalue weighted by molar-refractivity contribution is 7.00. The first-order valence-corrected chi connectivity index (χ1v) is 31.9. The maximum Gasteiger partial charge on any atom is 0.304 e. The minimum absolute atomic E-state index is 0.0196. The molecule has 7 aromatic carbocycles. The average Bonchev–Trinajstić information content (AvgIpc) is 1.56. The van der Waals surface area contributed by atoms with Crippen molar-refractivity contribution in [1.82, 2.24) is 24.3 Å². The smallest absolute Gasteiger partial charge is 0.304 e. The van der Waals surface area contributed by atoms with E-state index in [4.69, 9.17) is 68.1 Å². The van der Waals surface area contributed by atoms with E-state index in [0.29, 0.717) is 56.6 Å². The lowest BCUT2D eigenvalue weighted by molar-refractivity contribution is -0.138. The number of carboxylic acids is 2. The Morgan fingerprint density at radius 2 is 1.29 bits per heavy atom. The molecule has 25 heteroatoms. The van der Waals surface area contributed by atoms with Crippen molar-refractivity contribution in [3.63, 3.8) is 0 Å². The number of carbonyl (C=O) groups is 3. The lowest BCUT2D eigenvalue weighted by Gasteiger charge is -2.27. The molecule has 0 fully saturated rings. The third-order valence-electron chi connectivity index (χ3n) is 14.8. The second-order valence-corrected chi connectivity index (χ2v) is 23.3. The van der Waals surface area contributed by atoms with Gasteiger partial charge in [-0.15, -0.1) is 0 Å². The molecule has 3 heterocycles. The van der Waals surface area contributed by atoms with E-state index < -0.39 is 18.0 Å². The highest BCUT2D eigenvalue weighted by atomic mass is 35.5. The van der Waals surface area contributed by atoms with Crippen molar-refractivity contribution in [3.05, 3.63) is 211 Å². The molecular weight excluding hydrogens is 1280 g/mol. The summed E-state index contributed by atoms with van der Waals surface area (Å²) in [5, 5.41) is 58.0. The first kappa shape index (κ1) is 73.3. The topological polar surface area (TPSA) is 297 Å². The molecule has 92 heavy (non-hydrogen) atoms. The second kappa shape index (κ2) is 37.6. The van der Waals surface area contributed by atoms with Crippen molar-refractivity contribution >= 4 is 110 Å². The third-order valence-corrected chi connectivity index (χ3v) is 16.4. The number of benzene rings is 7. The Hall–Kier alpha value is -7.80. The first-order valence-electron chi connectivity index (χ1n) is 29.6. The number of guanidine groups is 1. The van der Waals surface area contributed by atoms with Crippen LogP contribution in [-0.2, 0) is 20.8 Å². The van der Waals surface area contributed by atoms with Crippen molar-refractivity contribution < 1.29 is 44.3 Å². The van der Waals surface area contributed by atoms with Gasteiger partial charge in [0.05, 0.1) is 59.3 Å². The summed E-state index contributed by atoms with van der Waals surface area (Å²) in [7, 11) is 0. The Morgan fingerprint density at radius 1 is 0.728 bits per heavy atom. The summed E-state index contributed by atoms with van der Waals surface area (Å²) >= 11 is 25.0. The molecule has 1 unspecified atom stereocenters. The highest BCUT2D eigenvalue weighted by Crippen LogP contribution is 2.32. The number of aromatic hydroxyl groups is 2. The van der Waals surface area contributed by atoms with E-state index in [1.165, 1.54) is 17.8 Å². The molecule has 10 rings (SSSR count). The van der Waals surface area contributed by atoms with Gasteiger partial charge in [-0.25, -0.2) is 4.39 Å². The standard InChI is InChI=1S/C21H23ClFN3O.C17H21NO3.2C10H12ClNO2.C9H8ClN5S/c1-3-25(4-2)11-12-26-19-10-9-15(22)13-17(19)21(24-14-20(26)27)16-7-5-6-8-18(16)23;1-12(17(21)14-4-8-16(20)9-5-14)18-11-10-13-2-6-15(19)7-3-13;2*11-9-3-1-7(2-4-9)8(6-12)5-10(13)14;10-5-1-2-6-8(15-16-14-6)7(5)13-9-11-3-4-12-9/h5-10,13H,3-4,11-12,14H2,1-2H3;2-9,12,17-21H,10-11H2,1H3;2*1-4,8H,5-6,12H2,(H,13,14);1-2H,3-4H2,(H2,11,12,13)/t;12-,17-;8-;;/m.11../s1. The van der Waals surface area contributed by atoms with Gasteiger partial charge in [-0.2, -0.15) is 8.75 Å². The zero-order valence-electron chi connectivity index (χ0n) is 51.0. The number of carbonyl (C=O) groups excluding carboxylic acids is 1. The number of phenols is 2. The number of nitrogens with zero attached hydrogens (tertiary/aromatic N) is 6. The molecule has 488 valence electrons. The molecule has 19 nitrogen and oxygen atoms in total. The van der Waals surface area contributed by atoms with Crippen LogP contribution in [0.1, 0.15) is 84.9 Å². The van der Waals surface area contributed by atoms with Gasteiger partial charge >= 0.3 is 11.9 Å². The van der Waals surface area contributed by atoms with Crippen molar-refractivity contribution in [2.75, 3.05) is 75.7 Å². The summed E-state index contributed by atoms with van der Waals surface area (Å²) in [4.78, 5) is 46.5. The van der Waals surface area contributed by atoms with Crippen LogP contribution in [0.4, 0.5) is 15.8 Å². The van der Waals surface area contributed by atoms with E-state index in [9.17, 15) is 34.1 Å². The van der Waals surface area contributed by atoms with Gasteiger partial charge in [-0.3, -0.25) is 24.4 Å². The Labute approximate surface area is 558 Å². The summed E-state index contributed by atoms with van der Waals surface area (Å²) in [6.07, 6.45) is 0.314. The number of aliphatic imine (C=N–C) groups is 2. The third kappa shape index (κ3) is 22.8. The summed E-state index contributed by atoms with van der Waals surface area (Å²) in [5.41, 5.74) is 19.4. The van der Waals surface area contributed by atoms with E-state index in [1.54, 1.807) is 95.9 Å². The number of hydrogen-bond acceptors (Lipinski definition) is 17. The fraction of sp³-hybridized carbons (Fsp3) is 0.299. The molecule has 0 radical (unpaired) electrons. The van der Waals surface area contributed by atoms with Gasteiger partial charge in [-0.05, 0) is 159 Å². The van der Waals surface area contributed by atoms with Gasteiger partial charge in [0.2, 0.25) is 5.91 Å². The normalized spacial score (nSPS) is 13.7. The summed E-state index contributed by atoms with van der Waals surface area (Å²) < 4.78 is 22.8. The predicted octanol–water partition coefficient (Wildman–Crippen LogP) is 11.8. The van der Waals surface area contributed by atoms with Crippen LogP contribution in [0.5, 0.6) is 11.5 Å². The number of nitrogens with two attached hydrogens (primary N) is 2. The molecule has 2 aliphatic rings. The quantitative estimate of drug-likeness (QED) is 0.0320. The zero-order chi connectivity index (χ0) is 66.7. The summed E-state index contributed by atoms with van der Waals surface area (Å²) in [6, 6.07) is 43.2. The number of aliphatic hydroxyl groups is 1. The van der Waals surface area contributed by atoms with Gasteiger partial charge in [0, 0.05) is 63.7 Å².